The van der Waals surface area contributed by atoms with Crippen LogP contribution in [-0.2, 0) is 9.47 Å². The van der Waals surface area contributed by atoms with Crippen LogP contribution in [0.4, 0.5) is 0 Å². The molecule has 0 saturated carbocycles. The van der Waals surface area contributed by atoms with Crippen molar-refractivity contribution in [3.63, 3.8) is 0 Å². The van der Waals surface area contributed by atoms with E-state index >= 15 is 0 Å². The van der Waals surface area contributed by atoms with E-state index < -0.39 is 0 Å². The van der Waals surface area contributed by atoms with E-state index in [0.29, 0.717) is 12.5 Å². The minimum Gasteiger partial charge on any atom is -0.354 e. The second-order valence-electron chi connectivity index (χ2n) is 4.64. The largest absolute Gasteiger partial charge is 0.354 e. The highest BCUT2D eigenvalue weighted by atomic mass is 16.7. The minimum atomic E-state index is -0.300. The van der Waals surface area contributed by atoms with Crippen molar-refractivity contribution in [2.75, 3.05) is 34.4 Å². The maximum atomic E-state index is 5.83. The molecule has 1 unspecified atom stereocenters. The minimum absolute atomic E-state index is 0.284. The van der Waals surface area contributed by atoms with Crippen molar-refractivity contribution < 1.29 is 9.47 Å². The Kier molecular flexibility index (Phi) is 6.36. The van der Waals surface area contributed by atoms with Crippen LogP contribution in [0, 0.1) is 5.92 Å². The van der Waals surface area contributed by atoms with Gasteiger partial charge in [0.25, 0.3) is 0 Å². The van der Waals surface area contributed by atoms with E-state index in [1.54, 1.807) is 14.2 Å². The van der Waals surface area contributed by atoms with E-state index in [0.717, 1.165) is 6.54 Å². The predicted molar refractivity (Wildman–Crippen MR) is 62.7 cm³/mol. The molecule has 4 nitrogen and oxygen atoms in total. The summed E-state index contributed by atoms with van der Waals surface area (Å²) in [7, 11) is 5.34. The Labute approximate surface area is 93.7 Å². The molecule has 0 aromatic rings. The van der Waals surface area contributed by atoms with E-state index in [9.17, 15) is 0 Å². The van der Waals surface area contributed by atoms with E-state index in [2.05, 4.69) is 32.7 Å². The summed E-state index contributed by atoms with van der Waals surface area (Å²) in [6.45, 7) is 7.90. The number of nitrogens with two attached hydrogens (primary N) is 1. The van der Waals surface area contributed by atoms with Gasteiger partial charge in [-0.1, -0.05) is 13.8 Å². The Morgan fingerprint density at radius 2 is 1.73 bits per heavy atom. The molecule has 0 amide bonds. The van der Waals surface area contributed by atoms with Crippen molar-refractivity contribution in [2.24, 2.45) is 11.7 Å². The van der Waals surface area contributed by atoms with Crippen molar-refractivity contribution in [3.8, 4) is 0 Å². The highest BCUT2D eigenvalue weighted by Gasteiger charge is 2.37. The fourth-order valence-electron chi connectivity index (χ4n) is 1.79. The molecular weight excluding hydrogens is 192 g/mol. The zero-order chi connectivity index (χ0) is 12.1. The first-order valence-corrected chi connectivity index (χ1v) is 5.39. The smallest absolute Gasteiger partial charge is 0.176 e. The SMILES string of the molecule is COC(OC)C(C)(CN)N(C)CC(C)C. The number of hydrogen-bond donors (Lipinski definition) is 1. The molecule has 4 heteroatoms. The maximum absolute atomic E-state index is 5.83. The second kappa shape index (κ2) is 6.43. The predicted octanol–water partition coefficient (Wildman–Crippen LogP) is 0.911. The van der Waals surface area contributed by atoms with Crippen LogP contribution in [0.5, 0.6) is 0 Å². The number of nitrogens with zero attached hydrogens (tertiary/aromatic N) is 1. The Morgan fingerprint density at radius 1 is 1.27 bits per heavy atom. The molecule has 0 radical (unpaired) electrons. The van der Waals surface area contributed by atoms with Gasteiger partial charge in [0.05, 0.1) is 5.54 Å². The summed E-state index contributed by atoms with van der Waals surface area (Å²) in [6, 6.07) is 0. The lowest BCUT2D eigenvalue weighted by molar-refractivity contribution is -0.178. The normalized spacial score (nSPS) is 16.4. The van der Waals surface area contributed by atoms with Gasteiger partial charge in [-0.25, -0.2) is 0 Å². The van der Waals surface area contributed by atoms with E-state index in [4.69, 9.17) is 15.2 Å². The van der Waals surface area contributed by atoms with Gasteiger partial charge in [0, 0.05) is 27.3 Å². The van der Waals surface area contributed by atoms with E-state index in [1.807, 2.05) is 0 Å². The van der Waals surface area contributed by atoms with Crippen molar-refractivity contribution >= 4 is 0 Å². The Hall–Kier alpha value is -0.160. The Bertz CT molecular complexity index is 172. The molecule has 15 heavy (non-hydrogen) atoms. The van der Waals surface area contributed by atoms with Crippen molar-refractivity contribution in [3.05, 3.63) is 0 Å². The molecule has 0 aromatic heterocycles. The molecule has 2 N–H and O–H groups in total. The van der Waals surface area contributed by atoms with Gasteiger partial charge in [-0.15, -0.1) is 0 Å². The molecule has 0 aromatic carbocycles. The number of methoxy groups -OCH3 is 2. The molecule has 92 valence electrons. The maximum Gasteiger partial charge on any atom is 0.176 e. The van der Waals surface area contributed by atoms with Crippen LogP contribution >= 0.6 is 0 Å². The van der Waals surface area contributed by atoms with E-state index in [-0.39, 0.29) is 11.8 Å². The molecule has 0 heterocycles. The van der Waals surface area contributed by atoms with Crippen LogP contribution in [0.2, 0.25) is 0 Å². The lowest BCUT2D eigenvalue weighted by atomic mass is 9.98. The van der Waals surface area contributed by atoms with Gasteiger partial charge in [-0.05, 0) is 19.9 Å². The number of ether oxygens (including phenoxy) is 2. The summed E-state index contributed by atoms with van der Waals surface area (Å²) in [6.07, 6.45) is -0.300. The highest BCUT2D eigenvalue weighted by Crippen LogP contribution is 2.21. The molecule has 0 rings (SSSR count). The third kappa shape index (κ3) is 3.72. The first kappa shape index (κ1) is 14.8. The summed E-state index contributed by atoms with van der Waals surface area (Å²) in [5, 5.41) is 0. The van der Waals surface area contributed by atoms with Crippen LogP contribution in [0.15, 0.2) is 0 Å². The quantitative estimate of drug-likeness (QED) is 0.645. The fourth-order valence-corrected chi connectivity index (χ4v) is 1.79. The van der Waals surface area contributed by atoms with Crippen LogP contribution in [0.3, 0.4) is 0 Å². The van der Waals surface area contributed by atoms with Gasteiger partial charge < -0.3 is 15.2 Å². The lowest BCUT2D eigenvalue weighted by Crippen LogP contribution is -2.59. The first-order valence-electron chi connectivity index (χ1n) is 5.39. The molecule has 0 saturated heterocycles. The van der Waals surface area contributed by atoms with Gasteiger partial charge in [-0.3, -0.25) is 4.90 Å². The van der Waals surface area contributed by atoms with Gasteiger partial charge in [0.15, 0.2) is 6.29 Å². The average molecular weight is 218 g/mol. The second-order valence-corrected chi connectivity index (χ2v) is 4.64. The Morgan fingerprint density at radius 3 is 2.00 bits per heavy atom. The summed E-state index contributed by atoms with van der Waals surface area (Å²) in [5.74, 6) is 0.593. The summed E-state index contributed by atoms with van der Waals surface area (Å²) in [5.41, 5.74) is 5.55. The lowest BCUT2D eigenvalue weighted by Gasteiger charge is -2.42. The van der Waals surface area contributed by atoms with Crippen LogP contribution < -0.4 is 5.73 Å². The fraction of sp³-hybridized carbons (Fsp3) is 1.00. The topological polar surface area (TPSA) is 47.7 Å². The number of likely N-dealkylation sites (N-methyl/N-ethyl adjacent to an activating group) is 1. The van der Waals surface area contributed by atoms with Crippen LogP contribution in [-0.4, -0.2) is 51.1 Å². The molecular formula is C11H26N2O2. The van der Waals surface area contributed by atoms with Crippen molar-refractivity contribution in [1.82, 2.24) is 4.90 Å². The number of hydrogen-bond acceptors (Lipinski definition) is 4. The van der Waals surface area contributed by atoms with Gasteiger partial charge in [0.1, 0.15) is 0 Å². The summed E-state index contributed by atoms with van der Waals surface area (Å²) < 4.78 is 10.6. The van der Waals surface area contributed by atoms with E-state index in [1.165, 1.54) is 0 Å². The van der Waals surface area contributed by atoms with Gasteiger partial charge in [0.2, 0.25) is 0 Å². The van der Waals surface area contributed by atoms with Gasteiger partial charge in [-0.2, -0.15) is 0 Å². The standard InChI is InChI=1S/C11H26N2O2/c1-9(2)7-13(4)11(3,8-12)10(14-5)15-6/h9-10H,7-8,12H2,1-6H3. The first-order chi connectivity index (χ1) is 6.92. The average Bonchev–Trinajstić information content (AvgIpc) is 2.18. The van der Waals surface area contributed by atoms with Crippen LogP contribution in [0.25, 0.3) is 0 Å². The number of rotatable bonds is 7. The molecule has 0 bridgehead atoms. The molecule has 1 atom stereocenters. The third-order valence-corrected chi connectivity index (χ3v) is 2.86. The van der Waals surface area contributed by atoms with Crippen molar-refractivity contribution in [2.45, 2.75) is 32.6 Å². The van der Waals surface area contributed by atoms with Crippen molar-refractivity contribution in [1.29, 1.82) is 0 Å². The molecule has 0 spiro atoms. The molecule has 0 aliphatic rings. The monoisotopic (exact) mass is 218 g/mol. The summed E-state index contributed by atoms with van der Waals surface area (Å²) in [4.78, 5) is 2.20. The zero-order valence-corrected chi connectivity index (χ0v) is 10.9. The zero-order valence-electron chi connectivity index (χ0n) is 10.9. The van der Waals surface area contributed by atoms with Crippen LogP contribution in [0.1, 0.15) is 20.8 Å². The third-order valence-electron chi connectivity index (χ3n) is 2.86. The Balaban J connectivity index is 4.65. The molecule has 0 fully saturated rings. The van der Waals surface area contributed by atoms with Gasteiger partial charge >= 0.3 is 0 Å². The summed E-state index contributed by atoms with van der Waals surface area (Å²) >= 11 is 0. The molecule has 0 aliphatic heterocycles. The highest BCUT2D eigenvalue weighted by molar-refractivity contribution is 4.89. The molecule has 0 aliphatic carbocycles.